The molecule has 0 saturated heterocycles. The van der Waals surface area contributed by atoms with E-state index in [-0.39, 0.29) is 12.1 Å². The zero-order valence-corrected chi connectivity index (χ0v) is 13.2. The Morgan fingerprint density at radius 3 is 2.55 bits per heavy atom. The van der Waals surface area contributed by atoms with E-state index in [0.29, 0.717) is 10.7 Å². The largest absolute Gasteiger partial charge is 0.331 e. The summed E-state index contributed by atoms with van der Waals surface area (Å²) in [5.41, 5.74) is 1.62. The van der Waals surface area contributed by atoms with Gasteiger partial charge in [0.25, 0.3) is 0 Å². The van der Waals surface area contributed by atoms with E-state index in [1.165, 1.54) is 0 Å². The molecule has 0 aliphatic carbocycles. The van der Waals surface area contributed by atoms with Gasteiger partial charge >= 0.3 is 6.03 Å². The van der Waals surface area contributed by atoms with Gasteiger partial charge in [-0.25, -0.2) is 4.79 Å². The SMILES string of the molecule is CC(NC(=O)Nc1ccc(Br)cc1Cl)c1ccccc1. The predicted molar refractivity (Wildman–Crippen MR) is 86.2 cm³/mol. The van der Waals surface area contributed by atoms with Gasteiger partial charge in [-0.1, -0.05) is 57.9 Å². The minimum absolute atomic E-state index is 0.0783. The molecule has 2 amide bonds. The first-order valence-electron chi connectivity index (χ1n) is 6.14. The van der Waals surface area contributed by atoms with E-state index in [1.54, 1.807) is 12.1 Å². The molecule has 20 heavy (non-hydrogen) atoms. The van der Waals surface area contributed by atoms with E-state index in [9.17, 15) is 4.79 Å². The highest BCUT2D eigenvalue weighted by atomic mass is 79.9. The molecule has 0 aliphatic rings. The van der Waals surface area contributed by atoms with E-state index in [0.717, 1.165) is 10.0 Å². The molecule has 0 spiro atoms. The second-order valence-corrected chi connectivity index (χ2v) is 5.68. The monoisotopic (exact) mass is 352 g/mol. The van der Waals surface area contributed by atoms with Gasteiger partial charge in [0.15, 0.2) is 0 Å². The standard InChI is InChI=1S/C15H14BrClN2O/c1-10(11-5-3-2-4-6-11)18-15(20)19-14-8-7-12(16)9-13(14)17/h2-10H,1H3,(H2,18,19,20). The summed E-state index contributed by atoms with van der Waals surface area (Å²) in [6.07, 6.45) is 0. The molecule has 1 atom stereocenters. The molecule has 0 saturated carbocycles. The molecule has 1 unspecified atom stereocenters. The van der Waals surface area contributed by atoms with Crippen LogP contribution in [-0.2, 0) is 0 Å². The van der Waals surface area contributed by atoms with Crippen LogP contribution in [-0.4, -0.2) is 6.03 Å². The Balaban J connectivity index is 1.99. The Bertz CT molecular complexity index is 604. The molecule has 2 aromatic carbocycles. The predicted octanol–water partition coefficient (Wildman–Crippen LogP) is 4.99. The van der Waals surface area contributed by atoms with E-state index >= 15 is 0 Å². The van der Waals surface area contributed by atoms with Crippen LogP contribution in [0.15, 0.2) is 53.0 Å². The van der Waals surface area contributed by atoms with Gasteiger partial charge in [0.1, 0.15) is 0 Å². The van der Waals surface area contributed by atoms with E-state index in [2.05, 4.69) is 26.6 Å². The number of hydrogen-bond acceptors (Lipinski definition) is 1. The van der Waals surface area contributed by atoms with Gasteiger partial charge in [-0.3, -0.25) is 0 Å². The first-order valence-corrected chi connectivity index (χ1v) is 7.31. The van der Waals surface area contributed by atoms with Crippen molar-refractivity contribution in [3.8, 4) is 0 Å². The smallest absolute Gasteiger partial charge is 0.319 e. The van der Waals surface area contributed by atoms with Crippen molar-refractivity contribution in [3.63, 3.8) is 0 Å². The molecule has 0 bridgehead atoms. The number of hydrogen-bond donors (Lipinski definition) is 2. The van der Waals surface area contributed by atoms with Crippen molar-refractivity contribution in [2.75, 3.05) is 5.32 Å². The highest BCUT2D eigenvalue weighted by Crippen LogP contribution is 2.25. The number of anilines is 1. The quantitative estimate of drug-likeness (QED) is 0.802. The number of nitrogens with one attached hydrogen (secondary N) is 2. The summed E-state index contributed by atoms with van der Waals surface area (Å²) in [5, 5.41) is 6.09. The van der Waals surface area contributed by atoms with Crippen LogP contribution < -0.4 is 10.6 Å². The lowest BCUT2D eigenvalue weighted by Crippen LogP contribution is -2.31. The molecule has 3 nitrogen and oxygen atoms in total. The van der Waals surface area contributed by atoms with Gasteiger partial charge in [0, 0.05) is 4.47 Å². The maximum Gasteiger partial charge on any atom is 0.319 e. The third-order valence-corrected chi connectivity index (χ3v) is 3.63. The summed E-state index contributed by atoms with van der Waals surface area (Å²) >= 11 is 9.38. The summed E-state index contributed by atoms with van der Waals surface area (Å²) in [6, 6.07) is 14.7. The summed E-state index contributed by atoms with van der Waals surface area (Å²) in [4.78, 5) is 11.9. The van der Waals surface area contributed by atoms with Crippen molar-refractivity contribution in [2.45, 2.75) is 13.0 Å². The van der Waals surface area contributed by atoms with Crippen molar-refractivity contribution in [2.24, 2.45) is 0 Å². The third kappa shape index (κ3) is 3.99. The molecule has 104 valence electrons. The second kappa shape index (κ2) is 6.77. The number of halogens is 2. The average Bonchev–Trinajstić information content (AvgIpc) is 2.43. The lowest BCUT2D eigenvalue weighted by molar-refractivity contribution is 0.249. The summed E-state index contributed by atoms with van der Waals surface area (Å²) in [6.45, 7) is 1.93. The van der Waals surface area contributed by atoms with Crippen LogP contribution in [0.25, 0.3) is 0 Å². The summed E-state index contributed by atoms with van der Waals surface area (Å²) in [7, 11) is 0. The third-order valence-electron chi connectivity index (χ3n) is 2.83. The Kier molecular flexibility index (Phi) is 5.04. The minimum atomic E-state index is -0.287. The molecule has 0 radical (unpaired) electrons. The maximum absolute atomic E-state index is 11.9. The van der Waals surface area contributed by atoms with Crippen LogP contribution >= 0.6 is 27.5 Å². The van der Waals surface area contributed by atoms with E-state index < -0.39 is 0 Å². The molecule has 5 heteroatoms. The number of carbonyl (C=O) groups is 1. The van der Waals surface area contributed by atoms with Gasteiger partial charge in [0.05, 0.1) is 16.8 Å². The number of amides is 2. The fourth-order valence-electron chi connectivity index (χ4n) is 1.77. The van der Waals surface area contributed by atoms with Gasteiger partial charge in [-0.2, -0.15) is 0 Å². The highest BCUT2D eigenvalue weighted by Gasteiger charge is 2.10. The fourth-order valence-corrected chi connectivity index (χ4v) is 2.49. The molecule has 0 heterocycles. The highest BCUT2D eigenvalue weighted by molar-refractivity contribution is 9.10. The molecule has 2 N–H and O–H groups in total. The van der Waals surface area contributed by atoms with Gasteiger partial charge in [-0.05, 0) is 30.7 Å². The molecule has 2 aromatic rings. The molecule has 0 fully saturated rings. The van der Waals surface area contributed by atoms with Crippen molar-refractivity contribution < 1.29 is 4.79 Å². The normalized spacial score (nSPS) is 11.8. The summed E-state index contributed by atoms with van der Waals surface area (Å²) in [5.74, 6) is 0. The van der Waals surface area contributed by atoms with Crippen LogP contribution in [0.2, 0.25) is 5.02 Å². The van der Waals surface area contributed by atoms with Crippen LogP contribution in [0.1, 0.15) is 18.5 Å². The van der Waals surface area contributed by atoms with Crippen molar-refractivity contribution in [3.05, 3.63) is 63.6 Å². The Hall–Kier alpha value is -1.52. The Morgan fingerprint density at radius 1 is 1.20 bits per heavy atom. The van der Waals surface area contributed by atoms with Crippen molar-refractivity contribution in [1.82, 2.24) is 5.32 Å². The van der Waals surface area contributed by atoms with Crippen LogP contribution in [0.4, 0.5) is 10.5 Å². The fraction of sp³-hybridized carbons (Fsp3) is 0.133. The number of rotatable bonds is 3. The molecule has 0 aromatic heterocycles. The number of benzene rings is 2. The topological polar surface area (TPSA) is 41.1 Å². The van der Waals surface area contributed by atoms with E-state index in [4.69, 9.17) is 11.6 Å². The zero-order valence-electron chi connectivity index (χ0n) is 10.9. The number of urea groups is 1. The van der Waals surface area contributed by atoms with Gasteiger partial charge < -0.3 is 10.6 Å². The lowest BCUT2D eigenvalue weighted by atomic mass is 10.1. The number of carbonyl (C=O) groups excluding carboxylic acids is 1. The molecule has 0 aliphatic heterocycles. The van der Waals surface area contributed by atoms with E-state index in [1.807, 2.05) is 43.3 Å². The van der Waals surface area contributed by atoms with Crippen molar-refractivity contribution >= 4 is 39.2 Å². The second-order valence-electron chi connectivity index (χ2n) is 4.36. The van der Waals surface area contributed by atoms with Crippen LogP contribution in [0.3, 0.4) is 0 Å². The average molecular weight is 354 g/mol. The molecular formula is C15H14BrClN2O. The summed E-state index contributed by atoms with van der Waals surface area (Å²) < 4.78 is 0.867. The maximum atomic E-state index is 11.9. The zero-order chi connectivity index (χ0) is 14.5. The van der Waals surface area contributed by atoms with Crippen LogP contribution in [0.5, 0.6) is 0 Å². The van der Waals surface area contributed by atoms with Gasteiger partial charge in [-0.15, -0.1) is 0 Å². The van der Waals surface area contributed by atoms with Crippen LogP contribution in [0, 0.1) is 0 Å². The minimum Gasteiger partial charge on any atom is -0.331 e. The lowest BCUT2D eigenvalue weighted by Gasteiger charge is -2.15. The first kappa shape index (κ1) is 14.9. The first-order chi connectivity index (χ1) is 9.56. The van der Waals surface area contributed by atoms with Gasteiger partial charge in [0.2, 0.25) is 0 Å². The Morgan fingerprint density at radius 2 is 1.90 bits per heavy atom. The molecular weight excluding hydrogens is 340 g/mol. The van der Waals surface area contributed by atoms with Crippen molar-refractivity contribution in [1.29, 1.82) is 0 Å². The molecule has 2 rings (SSSR count). The Labute approximate surface area is 131 Å².